The third-order valence-corrected chi connectivity index (χ3v) is 2.49. The molecule has 0 aliphatic heterocycles. The third-order valence-electron chi connectivity index (χ3n) is 1.40. The maximum absolute atomic E-state index is 10.2. The quantitative estimate of drug-likeness (QED) is 0.361. The minimum Gasteiger partial charge on any atom is -0.481 e. The monoisotopic (exact) mass is 288 g/mol. The molecule has 0 fully saturated rings. The van der Waals surface area contributed by atoms with E-state index in [4.69, 9.17) is 19.9 Å². The Morgan fingerprint density at radius 1 is 1.28 bits per heavy atom. The molecule has 2 unspecified atom stereocenters. The summed E-state index contributed by atoms with van der Waals surface area (Å²) >= 11 is 0. The van der Waals surface area contributed by atoms with Crippen LogP contribution in [0.5, 0.6) is 0 Å². The highest BCUT2D eigenvalue weighted by atomic mass is 32.2. The van der Waals surface area contributed by atoms with E-state index in [1.54, 1.807) is 6.92 Å². The molecule has 9 nitrogen and oxygen atoms in total. The zero-order chi connectivity index (χ0) is 14.9. The summed E-state index contributed by atoms with van der Waals surface area (Å²) in [5.41, 5.74) is 0. The second-order valence-electron chi connectivity index (χ2n) is 2.99. The normalized spacial score (nSPS) is 14.0. The molecule has 10 heteroatoms. The molecule has 0 aromatic heterocycles. The first kappa shape index (κ1) is 19.1. The molecule has 0 aliphatic carbocycles. The number of aliphatic hydroxyl groups is 1. The second kappa shape index (κ2) is 8.80. The summed E-state index contributed by atoms with van der Waals surface area (Å²) in [6.07, 6.45) is -1.76. The summed E-state index contributed by atoms with van der Waals surface area (Å²) in [4.78, 5) is 20.0. The van der Waals surface area contributed by atoms with E-state index in [-0.39, 0.29) is 0 Å². The Balaban J connectivity index is 0. The summed E-state index contributed by atoms with van der Waals surface area (Å²) in [6, 6.07) is 0. The Morgan fingerprint density at radius 2 is 1.72 bits per heavy atom. The molecule has 0 bridgehead atoms. The van der Waals surface area contributed by atoms with Crippen LogP contribution < -0.4 is 0 Å². The molecular formula is C8H16O9S. The van der Waals surface area contributed by atoms with Gasteiger partial charge in [0.1, 0.15) is 0 Å². The topological polar surface area (TPSA) is 158 Å². The maximum atomic E-state index is 10.2. The van der Waals surface area contributed by atoms with Gasteiger partial charge in [0.15, 0.2) is 11.5 Å². The number of hydrogen-bond acceptors (Lipinski definition) is 6. The van der Waals surface area contributed by atoms with Crippen molar-refractivity contribution in [1.82, 2.24) is 0 Å². The first-order valence-electron chi connectivity index (χ1n) is 4.72. The van der Waals surface area contributed by atoms with E-state index < -0.39 is 40.0 Å². The first-order valence-corrected chi connectivity index (χ1v) is 6.23. The Labute approximate surface area is 104 Å². The van der Waals surface area contributed by atoms with Crippen molar-refractivity contribution in [2.75, 3.05) is 6.61 Å². The van der Waals surface area contributed by atoms with Gasteiger partial charge in [0.05, 0.1) is 6.42 Å². The lowest BCUT2D eigenvalue weighted by atomic mass is 10.3. The van der Waals surface area contributed by atoms with Gasteiger partial charge in [-0.3, -0.25) is 14.1 Å². The summed E-state index contributed by atoms with van der Waals surface area (Å²) in [7, 11) is -4.84. The molecule has 0 spiro atoms. The van der Waals surface area contributed by atoms with Crippen LogP contribution in [-0.2, 0) is 24.4 Å². The molecule has 0 rings (SSSR count). The van der Waals surface area contributed by atoms with Crippen molar-refractivity contribution < 1.29 is 42.6 Å². The van der Waals surface area contributed by atoms with Gasteiger partial charge in [-0.25, -0.2) is 0 Å². The molecule has 0 radical (unpaired) electrons. The van der Waals surface area contributed by atoms with Gasteiger partial charge in [0, 0.05) is 6.61 Å². The van der Waals surface area contributed by atoms with Crippen LogP contribution in [0.25, 0.3) is 0 Å². The predicted octanol–water partition coefficient (Wildman–Crippen LogP) is -0.837. The van der Waals surface area contributed by atoms with Crippen LogP contribution in [0.3, 0.4) is 0 Å². The number of hydrogen-bond donors (Lipinski definition) is 4. The number of carbonyl (C=O) groups is 2. The Morgan fingerprint density at radius 3 is 1.78 bits per heavy atom. The minimum atomic E-state index is -4.84. The molecule has 0 aliphatic rings. The van der Waals surface area contributed by atoms with Gasteiger partial charge in [0.25, 0.3) is 10.1 Å². The Hall–Kier alpha value is -1.23. The summed E-state index contributed by atoms with van der Waals surface area (Å²) in [6.45, 7) is 4.01. The molecular weight excluding hydrogens is 272 g/mol. The van der Waals surface area contributed by atoms with E-state index in [0.29, 0.717) is 6.61 Å². The molecule has 0 amide bonds. The summed E-state index contributed by atoms with van der Waals surface area (Å²) in [5.74, 6) is -3.50. The molecule has 0 heterocycles. The summed E-state index contributed by atoms with van der Waals surface area (Å²) in [5, 5.41) is 22.2. The second-order valence-corrected chi connectivity index (χ2v) is 4.59. The maximum Gasteiger partial charge on any atom is 0.325 e. The van der Waals surface area contributed by atoms with Crippen molar-refractivity contribution in [1.29, 1.82) is 0 Å². The average molecular weight is 288 g/mol. The van der Waals surface area contributed by atoms with Crippen LogP contribution in [-0.4, -0.2) is 58.4 Å². The highest BCUT2D eigenvalue weighted by Gasteiger charge is 2.33. The van der Waals surface area contributed by atoms with Gasteiger partial charge < -0.3 is 20.1 Å². The Bertz CT molecular complexity index is 359. The number of carboxylic acids is 2. The molecule has 0 saturated heterocycles. The number of aliphatic hydroxyl groups excluding tert-OH is 1. The lowest BCUT2D eigenvalue weighted by Crippen LogP contribution is -2.31. The fraction of sp³-hybridized carbons (Fsp3) is 0.750. The van der Waals surface area contributed by atoms with Crippen LogP contribution in [0.1, 0.15) is 20.3 Å². The zero-order valence-corrected chi connectivity index (χ0v) is 10.6. The molecule has 4 N–H and O–H groups in total. The molecule has 2 atom stereocenters. The molecule has 18 heavy (non-hydrogen) atoms. The highest BCUT2D eigenvalue weighted by molar-refractivity contribution is 7.87. The highest BCUT2D eigenvalue weighted by Crippen LogP contribution is 2.04. The van der Waals surface area contributed by atoms with Crippen LogP contribution in [0, 0.1) is 0 Å². The number of aliphatic carboxylic acids is 2. The smallest absolute Gasteiger partial charge is 0.325 e. The van der Waals surface area contributed by atoms with E-state index in [2.05, 4.69) is 4.74 Å². The zero-order valence-electron chi connectivity index (χ0n) is 9.81. The van der Waals surface area contributed by atoms with Crippen molar-refractivity contribution in [3.8, 4) is 0 Å². The number of rotatable bonds is 6. The van der Waals surface area contributed by atoms with Gasteiger partial charge in [-0.05, 0) is 13.8 Å². The van der Waals surface area contributed by atoms with Crippen molar-refractivity contribution in [3.05, 3.63) is 0 Å². The van der Waals surface area contributed by atoms with E-state index in [9.17, 15) is 18.0 Å². The molecule has 0 aromatic rings. The van der Waals surface area contributed by atoms with Gasteiger partial charge in [-0.2, -0.15) is 8.42 Å². The fourth-order valence-electron chi connectivity index (χ4n) is 0.720. The third kappa shape index (κ3) is 11.3. The molecule has 0 saturated carbocycles. The minimum absolute atomic E-state index is 0.581. The number of carboxylic acid groups (broad SMARTS) is 2. The van der Waals surface area contributed by atoms with Crippen LogP contribution in [0.4, 0.5) is 0 Å². The molecule has 108 valence electrons. The lowest BCUT2D eigenvalue weighted by molar-refractivity contribution is -0.143. The molecule has 0 aromatic carbocycles. The van der Waals surface area contributed by atoms with E-state index in [1.807, 2.05) is 6.92 Å². The Kier molecular flexibility index (Phi) is 9.35. The van der Waals surface area contributed by atoms with Gasteiger partial charge in [0.2, 0.25) is 0 Å². The SMILES string of the molecule is CCOC(C)O.O=C(O)CC(C(=O)O)S(=O)(=O)O. The van der Waals surface area contributed by atoms with E-state index >= 15 is 0 Å². The van der Waals surface area contributed by atoms with Crippen LogP contribution in [0.15, 0.2) is 0 Å². The fourth-order valence-corrected chi connectivity index (χ4v) is 1.33. The van der Waals surface area contributed by atoms with Crippen molar-refractivity contribution in [3.63, 3.8) is 0 Å². The van der Waals surface area contributed by atoms with Gasteiger partial charge >= 0.3 is 11.9 Å². The van der Waals surface area contributed by atoms with Crippen molar-refractivity contribution in [2.24, 2.45) is 0 Å². The van der Waals surface area contributed by atoms with E-state index in [1.165, 1.54) is 0 Å². The van der Waals surface area contributed by atoms with Gasteiger partial charge in [-0.1, -0.05) is 0 Å². The van der Waals surface area contributed by atoms with Gasteiger partial charge in [-0.15, -0.1) is 0 Å². The van der Waals surface area contributed by atoms with Crippen LogP contribution in [0.2, 0.25) is 0 Å². The van der Waals surface area contributed by atoms with Crippen molar-refractivity contribution >= 4 is 22.1 Å². The first-order chi connectivity index (χ1) is 8.02. The van der Waals surface area contributed by atoms with E-state index in [0.717, 1.165) is 0 Å². The number of ether oxygens (including phenoxy) is 1. The largest absolute Gasteiger partial charge is 0.481 e. The van der Waals surface area contributed by atoms with Crippen molar-refractivity contribution in [2.45, 2.75) is 31.8 Å². The van der Waals surface area contributed by atoms with Crippen LogP contribution >= 0.6 is 0 Å². The standard InChI is InChI=1S/C4H6O7S.C4H10O2/c5-3(6)1-2(4(7)8)12(9,10)11;1-3-6-4(2)5/h2H,1H2,(H,5,6)(H,7,8)(H,9,10,11);4-5H,3H2,1-2H3. The predicted molar refractivity (Wildman–Crippen MR) is 58.5 cm³/mol. The average Bonchev–Trinajstić information content (AvgIpc) is 2.12. The lowest BCUT2D eigenvalue weighted by Gasteiger charge is -2.04. The summed E-state index contributed by atoms with van der Waals surface area (Å²) < 4.78 is 33.3.